The van der Waals surface area contributed by atoms with E-state index >= 15 is 0 Å². The lowest BCUT2D eigenvalue weighted by Crippen LogP contribution is -2.25. The van der Waals surface area contributed by atoms with Crippen LogP contribution in [0, 0.1) is 0 Å². The van der Waals surface area contributed by atoms with Crippen LogP contribution in [0.5, 0.6) is 0 Å². The van der Waals surface area contributed by atoms with E-state index in [1.54, 1.807) is 12.5 Å². The molecule has 0 unspecified atom stereocenters. The van der Waals surface area contributed by atoms with Crippen molar-refractivity contribution in [2.24, 2.45) is 0 Å². The van der Waals surface area contributed by atoms with Crippen molar-refractivity contribution >= 4 is 23.2 Å². The molecule has 2 rings (SSSR count). The van der Waals surface area contributed by atoms with Crippen LogP contribution in [0.25, 0.3) is 0 Å². The van der Waals surface area contributed by atoms with Crippen LogP contribution >= 0.6 is 23.2 Å². The number of aromatic nitrogens is 4. The van der Waals surface area contributed by atoms with E-state index in [1.807, 2.05) is 10.8 Å². The number of imidazole rings is 1. The maximum absolute atomic E-state index is 11.6. The quantitative estimate of drug-likeness (QED) is 0.838. The van der Waals surface area contributed by atoms with Crippen LogP contribution in [0.2, 0.25) is 10.0 Å². The van der Waals surface area contributed by atoms with Gasteiger partial charge in [0.15, 0.2) is 0 Å². The lowest BCUT2D eigenvalue weighted by Gasteiger charge is -2.05. The zero-order chi connectivity index (χ0) is 11.5. The van der Waals surface area contributed by atoms with Gasteiger partial charge in [-0.15, -0.1) is 0 Å². The molecule has 0 aliphatic rings. The summed E-state index contributed by atoms with van der Waals surface area (Å²) in [6.07, 6.45) is 6.51. The fourth-order valence-electron chi connectivity index (χ4n) is 1.23. The highest BCUT2D eigenvalue weighted by molar-refractivity contribution is 6.41. The van der Waals surface area contributed by atoms with Gasteiger partial charge in [-0.3, -0.25) is 4.79 Å². The molecule has 0 aliphatic heterocycles. The van der Waals surface area contributed by atoms with Gasteiger partial charge in [-0.2, -0.15) is 5.10 Å². The summed E-state index contributed by atoms with van der Waals surface area (Å²) >= 11 is 11.4. The highest BCUT2D eigenvalue weighted by atomic mass is 35.5. The van der Waals surface area contributed by atoms with E-state index in [0.717, 1.165) is 0 Å². The monoisotopic (exact) mass is 258 g/mol. The minimum Gasteiger partial charge on any atom is -0.336 e. The summed E-state index contributed by atoms with van der Waals surface area (Å²) in [5.41, 5.74) is -0.380. The SMILES string of the molecule is O=c1c(Cl)c(Cl)cnn1CCn1ccnc1. The Morgan fingerprint density at radius 3 is 2.81 bits per heavy atom. The molecule has 16 heavy (non-hydrogen) atoms. The summed E-state index contributed by atoms with van der Waals surface area (Å²) in [7, 11) is 0. The van der Waals surface area contributed by atoms with Gasteiger partial charge in [-0.05, 0) is 0 Å². The Hall–Kier alpha value is -1.33. The molecular weight excluding hydrogens is 251 g/mol. The van der Waals surface area contributed by atoms with Crippen LogP contribution < -0.4 is 5.56 Å². The second kappa shape index (κ2) is 4.67. The van der Waals surface area contributed by atoms with Crippen molar-refractivity contribution in [2.45, 2.75) is 13.1 Å². The van der Waals surface area contributed by atoms with E-state index in [1.165, 1.54) is 10.9 Å². The summed E-state index contributed by atoms with van der Waals surface area (Å²) in [4.78, 5) is 15.5. The molecule has 2 aromatic heterocycles. The third-order valence-corrected chi connectivity index (χ3v) is 2.82. The Bertz CT molecular complexity index is 535. The maximum atomic E-state index is 11.6. The highest BCUT2D eigenvalue weighted by Gasteiger charge is 2.06. The predicted octanol–water partition coefficient (Wildman–Crippen LogP) is 1.45. The van der Waals surface area contributed by atoms with Crippen molar-refractivity contribution in [3.05, 3.63) is 45.3 Å². The first-order valence-corrected chi connectivity index (χ1v) is 5.31. The Kier molecular flexibility index (Phi) is 3.26. The molecule has 84 valence electrons. The van der Waals surface area contributed by atoms with E-state index in [2.05, 4.69) is 10.1 Å². The first kappa shape index (κ1) is 11.2. The van der Waals surface area contributed by atoms with Gasteiger partial charge < -0.3 is 4.57 Å². The van der Waals surface area contributed by atoms with E-state index in [9.17, 15) is 4.79 Å². The minimum atomic E-state index is -0.380. The summed E-state index contributed by atoms with van der Waals surface area (Å²) in [6, 6.07) is 0. The van der Waals surface area contributed by atoms with E-state index in [-0.39, 0.29) is 15.6 Å². The molecular formula is C9H8Cl2N4O. The predicted molar refractivity (Wildman–Crippen MR) is 60.7 cm³/mol. The smallest absolute Gasteiger partial charge is 0.287 e. The molecule has 0 N–H and O–H groups in total. The summed E-state index contributed by atoms with van der Waals surface area (Å²) in [6.45, 7) is 1.02. The first-order valence-electron chi connectivity index (χ1n) is 4.55. The summed E-state index contributed by atoms with van der Waals surface area (Å²) in [5, 5.41) is 4.07. The van der Waals surface area contributed by atoms with Crippen molar-refractivity contribution in [3.8, 4) is 0 Å². The third-order valence-electron chi connectivity index (χ3n) is 2.07. The molecule has 0 bridgehead atoms. The number of aryl methyl sites for hydroxylation is 2. The molecule has 0 atom stereocenters. The largest absolute Gasteiger partial charge is 0.336 e. The van der Waals surface area contributed by atoms with Crippen LogP contribution in [0.15, 0.2) is 29.7 Å². The van der Waals surface area contributed by atoms with Gasteiger partial charge in [-0.25, -0.2) is 9.67 Å². The van der Waals surface area contributed by atoms with E-state index < -0.39 is 0 Å². The molecule has 0 fully saturated rings. The van der Waals surface area contributed by atoms with Gasteiger partial charge in [-0.1, -0.05) is 23.2 Å². The molecule has 2 heterocycles. The molecule has 0 saturated heterocycles. The summed E-state index contributed by atoms with van der Waals surface area (Å²) in [5.74, 6) is 0. The van der Waals surface area contributed by atoms with Gasteiger partial charge >= 0.3 is 0 Å². The van der Waals surface area contributed by atoms with Crippen molar-refractivity contribution in [1.82, 2.24) is 19.3 Å². The molecule has 0 radical (unpaired) electrons. The molecule has 0 saturated carbocycles. The molecule has 0 amide bonds. The topological polar surface area (TPSA) is 52.7 Å². The second-order valence-corrected chi connectivity index (χ2v) is 3.92. The molecule has 7 heteroatoms. The van der Waals surface area contributed by atoms with Crippen LogP contribution in [-0.4, -0.2) is 19.3 Å². The number of halogens is 2. The Labute approximate surface area is 101 Å². The number of hydrogen-bond acceptors (Lipinski definition) is 3. The van der Waals surface area contributed by atoms with Crippen LogP contribution in [-0.2, 0) is 13.1 Å². The standard InChI is InChI=1S/C9H8Cl2N4O/c10-7-5-13-15(9(16)8(7)11)4-3-14-2-1-12-6-14/h1-2,5-6H,3-4H2. The molecule has 5 nitrogen and oxygen atoms in total. The van der Waals surface area contributed by atoms with E-state index in [4.69, 9.17) is 23.2 Å². The van der Waals surface area contributed by atoms with Crippen molar-refractivity contribution in [3.63, 3.8) is 0 Å². The number of nitrogens with zero attached hydrogens (tertiary/aromatic N) is 4. The fraction of sp³-hybridized carbons (Fsp3) is 0.222. The van der Waals surface area contributed by atoms with Crippen LogP contribution in [0.3, 0.4) is 0 Å². The van der Waals surface area contributed by atoms with Gasteiger partial charge in [0.2, 0.25) is 0 Å². The average Bonchev–Trinajstić information content (AvgIpc) is 2.78. The number of hydrogen-bond donors (Lipinski definition) is 0. The van der Waals surface area contributed by atoms with E-state index in [0.29, 0.717) is 13.1 Å². The fourth-order valence-corrected chi connectivity index (χ4v) is 1.50. The zero-order valence-corrected chi connectivity index (χ0v) is 9.69. The van der Waals surface area contributed by atoms with Crippen molar-refractivity contribution in [1.29, 1.82) is 0 Å². The maximum Gasteiger partial charge on any atom is 0.287 e. The summed E-state index contributed by atoms with van der Waals surface area (Å²) < 4.78 is 3.12. The van der Waals surface area contributed by atoms with Gasteiger partial charge in [0, 0.05) is 18.9 Å². The average molecular weight is 259 g/mol. The van der Waals surface area contributed by atoms with Crippen molar-refractivity contribution in [2.75, 3.05) is 0 Å². The zero-order valence-electron chi connectivity index (χ0n) is 8.18. The molecule has 2 aromatic rings. The Balaban J connectivity index is 2.17. The normalized spacial score (nSPS) is 10.6. The molecule has 0 aromatic carbocycles. The van der Waals surface area contributed by atoms with Gasteiger partial charge in [0.05, 0.1) is 24.1 Å². The minimum absolute atomic E-state index is 0.00213. The lowest BCUT2D eigenvalue weighted by atomic mass is 10.5. The number of rotatable bonds is 3. The van der Waals surface area contributed by atoms with Gasteiger partial charge in [0.1, 0.15) is 5.02 Å². The highest BCUT2D eigenvalue weighted by Crippen LogP contribution is 2.14. The van der Waals surface area contributed by atoms with Crippen molar-refractivity contribution < 1.29 is 0 Å². The van der Waals surface area contributed by atoms with Crippen LogP contribution in [0.1, 0.15) is 0 Å². The molecule has 0 spiro atoms. The Morgan fingerprint density at radius 1 is 1.31 bits per heavy atom. The van der Waals surface area contributed by atoms with Gasteiger partial charge in [0.25, 0.3) is 5.56 Å². The third kappa shape index (κ3) is 2.25. The Morgan fingerprint density at radius 2 is 2.12 bits per heavy atom. The lowest BCUT2D eigenvalue weighted by molar-refractivity contribution is 0.510. The molecule has 0 aliphatic carbocycles. The second-order valence-electron chi connectivity index (χ2n) is 3.14. The first-order chi connectivity index (χ1) is 7.68. The van der Waals surface area contributed by atoms with Crippen LogP contribution in [0.4, 0.5) is 0 Å².